The molecule has 22 heavy (non-hydrogen) atoms. The molecule has 0 unspecified atom stereocenters. The van der Waals surface area contributed by atoms with E-state index in [2.05, 4.69) is 0 Å². The van der Waals surface area contributed by atoms with E-state index in [4.69, 9.17) is 4.74 Å². The molecule has 0 saturated heterocycles. The van der Waals surface area contributed by atoms with Crippen LogP contribution in [0.3, 0.4) is 0 Å². The highest BCUT2D eigenvalue weighted by molar-refractivity contribution is 6.24. The predicted molar refractivity (Wildman–Crippen MR) is 74.2 cm³/mol. The molecule has 0 aromatic heterocycles. The quantitative estimate of drug-likeness (QED) is 0.276. The van der Waals surface area contributed by atoms with Gasteiger partial charge < -0.3 is 9.64 Å². The van der Waals surface area contributed by atoms with Crippen LogP contribution in [0.25, 0.3) is 0 Å². The molecular weight excluding hydrogens is 299 g/mol. The molecule has 0 atom stereocenters. The van der Waals surface area contributed by atoms with Gasteiger partial charge in [-0.15, -0.1) is 0 Å². The van der Waals surface area contributed by atoms with Crippen LogP contribution in [0.1, 0.15) is 22.8 Å². The highest BCUT2D eigenvalue weighted by atomic mass is 19.4. The summed E-state index contributed by atoms with van der Waals surface area (Å²) in [4.78, 5) is 25.6. The van der Waals surface area contributed by atoms with E-state index in [1.54, 1.807) is 21.0 Å². The van der Waals surface area contributed by atoms with Gasteiger partial charge in [0, 0.05) is 25.9 Å². The lowest BCUT2D eigenvalue weighted by molar-refractivity contribution is -0.138. The van der Waals surface area contributed by atoms with Crippen LogP contribution in [-0.4, -0.2) is 37.4 Å². The fourth-order valence-corrected chi connectivity index (χ4v) is 1.64. The molecule has 0 saturated carbocycles. The van der Waals surface area contributed by atoms with Gasteiger partial charge in [-0.05, 0) is 19.1 Å². The number of nitrogens with zero attached hydrogens (tertiary/aromatic N) is 1. The Kier molecular flexibility index (Phi) is 5.73. The molecule has 0 aliphatic carbocycles. The first-order valence-electron chi connectivity index (χ1n) is 6.44. The van der Waals surface area contributed by atoms with Gasteiger partial charge in [0.05, 0.1) is 12.2 Å². The Labute approximate surface area is 126 Å². The van der Waals surface area contributed by atoms with Crippen molar-refractivity contribution >= 4 is 11.8 Å². The summed E-state index contributed by atoms with van der Waals surface area (Å²) in [6.07, 6.45) is -3.21. The van der Waals surface area contributed by atoms with Crippen molar-refractivity contribution in [3.63, 3.8) is 0 Å². The molecule has 0 bridgehead atoms. The topological polar surface area (TPSA) is 46.6 Å². The lowest BCUT2D eigenvalue weighted by atomic mass is 10.0. The molecule has 0 aliphatic heterocycles. The van der Waals surface area contributed by atoms with Crippen molar-refractivity contribution < 1.29 is 27.5 Å². The number of carbonyl (C=O) groups is 2. The maximum absolute atomic E-state index is 12.5. The fraction of sp³-hybridized carbons (Fsp3) is 0.333. The zero-order valence-electron chi connectivity index (χ0n) is 12.4. The minimum absolute atomic E-state index is 0.0193. The predicted octanol–water partition coefficient (Wildman–Crippen LogP) is 2.90. The number of rotatable bonds is 5. The van der Waals surface area contributed by atoms with E-state index >= 15 is 0 Å². The first kappa shape index (κ1) is 17.7. The van der Waals surface area contributed by atoms with Gasteiger partial charge in [0.15, 0.2) is 0 Å². The number of hydrogen-bond acceptors (Lipinski definition) is 4. The highest BCUT2D eigenvalue weighted by Crippen LogP contribution is 2.29. The van der Waals surface area contributed by atoms with E-state index in [0.717, 1.165) is 24.3 Å². The second-order valence-electron chi connectivity index (χ2n) is 4.63. The molecule has 1 aromatic rings. The Morgan fingerprint density at radius 3 is 2.14 bits per heavy atom. The molecule has 0 fully saturated rings. The van der Waals surface area contributed by atoms with Crippen LogP contribution in [0.4, 0.5) is 13.2 Å². The monoisotopic (exact) mass is 315 g/mol. The smallest absolute Gasteiger partial charge is 0.416 e. The Morgan fingerprint density at radius 1 is 1.18 bits per heavy atom. The van der Waals surface area contributed by atoms with E-state index in [1.807, 2.05) is 0 Å². The largest absolute Gasteiger partial charge is 0.462 e. The van der Waals surface area contributed by atoms with E-state index < -0.39 is 23.5 Å². The third-order valence-electron chi connectivity index (χ3n) is 2.60. The highest BCUT2D eigenvalue weighted by Gasteiger charge is 2.30. The number of halogens is 3. The van der Waals surface area contributed by atoms with E-state index in [-0.39, 0.29) is 17.7 Å². The summed E-state index contributed by atoms with van der Waals surface area (Å²) < 4.78 is 42.3. The van der Waals surface area contributed by atoms with Crippen LogP contribution in [0.2, 0.25) is 0 Å². The molecular formula is C15H16F3NO3. The van der Waals surface area contributed by atoms with Crippen LogP contribution < -0.4 is 0 Å². The Bertz CT molecular complexity index is 575. The number of esters is 1. The van der Waals surface area contributed by atoms with Gasteiger partial charge in [-0.1, -0.05) is 12.1 Å². The summed E-state index contributed by atoms with van der Waals surface area (Å²) in [7, 11) is 3.22. The summed E-state index contributed by atoms with van der Waals surface area (Å²) in [5.74, 6) is -1.51. The Morgan fingerprint density at radius 2 is 1.73 bits per heavy atom. The molecule has 0 heterocycles. The second kappa shape index (κ2) is 7.11. The Hall–Kier alpha value is -2.31. The summed E-state index contributed by atoms with van der Waals surface area (Å²) in [5, 5.41) is 0. The summed E-state index contributed by atoms with van der Waals surface area (Å²) in [6, 6.07) is 3.67. The minimum atomic E-state index is -4.48. The van der Waals surface area contributed by atoms with Gasteiger partial charge >= 0.3 is 12.1 Å². The van der Waals surface area contributed by atoms with Gasteiger partial charge in [-0.25, -0.2) is 4.79 Å². The molecule has 0 aliphatic rings. The van der Waals surface area contributed by atoms with Crippen molar-refractivity contribution in [3.8, 4) is 0 Å². The second-order valence-corrected chi connectivity index (χ2v) is 4.63. The van der Waals surface area contributed by atoms with Crippen molar-refractivity contribution in [2.75, 3.05) is 20.7 Å². The summed E-state index contributed by atoms with van der Waals surface area (Å²) >= 11 is 0. The molecule has 120 valence electrons. The third-order valence-corrected chi connectivity index (χ3v) is 2.60. The zero-order chi connectivity index (χ0) is 16.9. The minimum Gasteiger partial charge on any atom is -0.462 e. The van der Waals surface area contributed by atoms with Crippen molar-refractivity contribution in [1.29, 1.82) is 0 Å². The van der Waals surface area contributed by atoms with Gasteiger partial charge in [0.25, 0.3) is 0 Å². The fourth-order valence-electron chi connectivity index (χ4n) is 1.64. The molecule has 0 N–H and O–H groups in total. The number of alkyl halides is 3. The lowest BCUT2D eigenvalue weighted by Gasteiger charge is -2.11. The van der Waals surface area contributed by atoms with Gasteiger partial charge in [-0.2, -0.15) is 13.2 Å². The van der Waals surface area contributed by atoms with Gasteiger partial charge in [0.1, 0.15) is 5.57 Å². The summed E-state index contributed by atoms with van der Waals surface area (Å²) in [5.41, 5.74) is -1.13. The van der Waals surface area contributed by atoms with Crippen molar-refractivity contribution in [3.05, 3.63) is 47.2 Å². The van der Waals surface area contributed by atoms with Gasteiger partial charge in [-0.3, -0.25) is 4.79 Å². The van der Waals surface area contributed by atoms with Crippen LogP contribution in [0.5, 0.6) is 0 Å². The number of Topliss-reactive ketones (excluding diaryl/α,β-unsaturated/α-hetero) is 1. The number of carbonyl (C=O) groups excluding carboxylic acids is 2. The zero-order valence-corrected chi connectivity index (χ0v) is 12.4. The molecule has 4 nitrogen and oxygen atoms in total. The van der Waals surface area contributed by atoms with Crippen LogP contribution >= 0.6 is 0 Å². The molecule has 1 aromatic carbocycles. The maximum Gasteiger partial charge on any atom is 0.416 e. The molecule has 7 heteroatoms. The number of benzene rings is 1. The van der Waals surface area contributed by atoms with Gasteiger partial charge in [0.2, 0.25) is 5.78 Å². The normalized spacial score (nSPS) is 12.0. The molecule has 0 spiro atoms. The number of ketones is 1. The van der Waals surface area contributed by atoms with Crippen molar-refractivity contribution in [2.24, 2.45) is 0 Å². The SMILES string of the molecule is CCOC(=O)/C(=C/N(C)C)C(=O)c1ccc(C(F)(F)F)cc1. The maximum atomic E-state index is 12.5. The van der Waals surface area contributed by atoms with Crippen LogP contribution in [0, 0.1) is 0 Å². The lowest BCUT2D eigenvalue weighted by Crippen LogP contribution is -2.19. The van der Waals surface area contributed by atoms with E-state index in [0.29, 0.717) is 0 Å². The van der Waals surface area contributed by atoms with E-state index in [9.17, 15) is 22.8 Å². The van der Waals surface area contributed by atoms with E-state index in [1.165, 1.54) is 11.1 Å². The molecule has 0 amide bonds. The average molecular weight is 315 g/mol. The van der Waals surface area contributed by atoms with Crippen molar-refractivity contribution in [2.45, 2.75) is 13.1 Å². The van der Waals surface area contributed by atoms with Crippen LogP contribution in [0.15, 0.2) is 36.0 Å². The first-order valence-corrected chi connectivity index (χ1v) is 6.44. The molecule has 0 radical (unpaired) electrons. The Balaban J connectivity index is 3.12. The third kappa shape index (κ3) is 4.61. The number of ether oxygens (including phenoxy) is 1. The first-order chi connectivity index (χ1) is 10.2. The molecule has 1 rings (SSSR count). The standard InChI is InChI=1S/C15H16F3NO3/c1-4-22-14(21)12(9-19(2)3)13(20)10-5-7-11(8-6-10)15(16,17)18/h5-9H,4H2,1-3H3/b12-9+. The van der Waals surface area contributed by atoms with Crippen LogP contribution in [-0.2, 0) is 15.7 Å². The average Bonchev–Trinajstić information content (AvgIpc) is 2.43. The van der Waals surface area contributed by atoms with Crippen molar-refractivity contribution in [1.82, 2.24) is 4.90 Å². The number of hydrogen-bond donors (Lipinski definition) is 0. The summed E-state index contributed by atoms with van der Waals surface area (Å²) in [6.45, 7) is 1.68.